The predicted molar refractivity (Wildman–Crippen MR) is 85.9 cm³/mol. The van der Waals surface area contributed by atoms with Crippen LogP contribution in [0, 0.1) is 3.57 Å². The standard InChI is InChI=1S/C13H13IN4O3/c1-20-9-4-3-8(11(5-9)21-2)6-15-18-13(19)12-10(14)7-16-17-12/h3-7H,1-2H3,(H,16,17)(H,18,19)/b15-6-. The van der Waals surface area contributed by atoms with Crippen LogP contribution in [0.1, 0.15) is 16.1 Å². The summed E-state index contributed by atoms with van der Waals surface area (Å²) < 4.78 is 11.1. The summed E-state index contributed by atoms with van der Waals surface area (Å²) in [6.45, 7) is 0. The second-order valence-electron chi connectivity index (χ2n) is 3.90. The molecule has 2 rings (SSSR count). The minimum atomic E-state index is -0.361. The van der Waals surface area contributed by atoms with E-state index in [1.807, 2.05) is 22.6 Å². The Morgan fingerprint density at radius 3 is 2.86 bits per heavy atom. The third-order valence-electron chi connectivity index (χ3n) is 2.63. The van der Waals surface area contributed by atoms with Crippen molar-refractivity contribution in [2.75, 3.05) is 14.2 Å². The van der Waals surface area contributed by atoms with Crippen molar-refractivity contribution in [2.45, 2.75) is 0 Å². The molecule has 1 amide bonds. The molecule has 0 radical (unpaired) electrons. The van der Waals surface area contributed by atoms with Gasteiger partial charge in [-0.25, -0.2) is 5.43 Å². The van der Waals surface area contributed by atoms with Gasteiger partial charge in [0.15, 0.2) is 0 Å². The SMILES string of the molecule is COc1ccc(/C=N\NC(=O)c2[nH]ncc2I)c(OC)c1. The summed E-state index contributed by atoms with van der Waals surface area (Å²) in [6.07, 6.45) is 3.06. The number of benzene rings is 1. The van der Waals surface area contributed by atoms with Crippen molar-refractivity contribution < 1.29 is 14.3 Å². The van der Waals surface area contributed by atoms with Gasteiger partial charge in [-0.15, -0.1) is 0 Å². The Kier molecular flexibility index (Phi) is 5.14. The maximum absolute atomic E-state index is 11.8. The van der Waals surface area contributed by atoms with Gasteiger partial charge in [-0.2, -0.15) is 10.2 Å². The van der Waals surface area contributed by atoms with Gasteiger partial charge in [0, 0.05) is 11.6 Å². The number of aromatic amines is 1. The highest BCUT2D eigenvalue weighted by Crippen LogP contribution is 2.22. The number of aromatic nitrogens is 2. The van der Waals surface area contributed by atoms with Crippen LogP contribution in [0.2, 0.25) is 0 Å². The minimum absolute atomic E-state index is 0.361. The molecule has 0 aliphatic rings. The van der Waals surface area contributed by atoms with E-state index in [-0.39, 0.29) is 5.91 Å². The number of carbonyl (C=O) groups is 1. The highest BCUT2D eigenvalue weighted by Gasteiger charge is 2.10. The van der Waals surface area contributed by atoms with Gasteiger partial charge in [0.2, 0.25) is 0 Å². The van der Waals surface area contributed by atoms with Gasteiger partial charge in [0.05, 0.1) is 30.2 Å². The number of amides is 1. The van der Waals surface area contributed by atoms with Gasteiger partial charge in [0.25, 0.3) is 5.91 Å². The summed E-state index contributed by atoms with van der Waals surface area (Å²) >= 11 is 2.01. The summed E-state index contributed by atoms with van der Waals surface area (Å²) in [6, 6.07) is 5.30. The van der Waals surface area contributed by atoms with Gasteiger partial charge < -0.3 is 9.47 Å². The molecule has 2 aromatic rings. The molecule has 0 aliphatic heterocycles. The van der Waals surface area contributed by atoms with Gasteiger partial charge in [-0.05, 0) is 34.7 Å². The zero-order chi connectivity index (χ0) is 15.2. The van der Waals surface area contributed by atoms with Gasteiger partial charge in [-0.3, -0.25) is 9.89 Å². The summed E-state index contributed by atoms with van der Waals surface area (Å²) in [5, 5.41) is 10.3. The van der Waals surface area contributed by atoms with Crippen molar-refractivity contribution in [1.29, 1.82) is 0 Å². The third-order valence-corrected chi connectivity index (χ3v) is 3.45. The number of H-pyrrole nitrogens is 1. The van der Waals surface area contributed by atoms with Crippen LogP contribution in [0.15, 0.2) is 29.5 Å². The van der Waals surface area contributed by atoms with E-state index in [0.29, 0.717) is 17.2 Å². The quantitative estimate of drug-likeness (QED) is 0.455. The Morgan fingerprint density at radius 1 is 1.43 bits per heavy atom. The number of halogens is 1. The number of hydrogen-bond acceptors (Lipinski definition) is 5. The van der Waals surface area contributed by atoms with E-state index in [2.05, 4.69) is 20.7 Å². The zero-order valence-corrected chi connectivity index (χ0v) is 13.5. The number of rotatable bonds is 5. The van der Waals surface area contributed by atoms with Gasteiger partial charge >= 0.3 is 0 Å². The maximum atomic E-state index is 11.8. The van der Waals surface area contributed by atoms with E-state index in [1.54, 1.807) is 38.6 Å². The molecular formula is C13H13IN4O3. The molecule has 0 spiro atoms. The highest BCUT2D eigenvalue weighted by atomic mass is 127. The number of nitrogens with one attached hydrogen (secondary N) is 2. The average Bonchev–Trinajstić information content (AvgIpc) is 2.93. The molecule has 1 aromatic heterocycles. The number of hydrogen-bond donors (Lipinski definition) is 2. The normalized spacial score (nSPS) is 10.6. The van der Waals surface area contributed by atoms with Crippen molar-refractivity contribution in [1.82, 2.24) is 15.6 Å². The summed E-state index contributed by atoms with van der Waals surface area (Å²) in [5.74, 6) is 0.921. The zero-order valence-electron chi connectivity index (χ0n) is 11.4. The first-order valence-electron chi connectivity index (χ1n) is 5.90. The van der Waals surface area contributed by atoms with Gasteiger partial charge in [-0.1, -0.05) is 0 Å². The van der Waals surface area contributed by atoms with E-state index in [1.165, 1.54) is 6.21 Å². The molecule has 7 nitrogen and oxygen atoms in total. The fourth-order valence-electron chi connectivity index (χ4n) is 1.57. The molecule has 0 atom stereocenters. The molecule has 110 valence electrons. The molecule has 0 fully saturated rings. The van der Waals surface area contributed by atoms with Crippen LogP contribution in [-0.2, 0) is 0 Å². The molecule has 0 saturated heterocycles. The lowest BCUT2D eigenvalue weighted by Gasteiger charge is -2.06. The Bertz CT molecular complexity index is 669. The fraction of sp³-hybridized carbons (Fsp3) is 0.154. The Hall–Kier alpha value is -2.10. The van der Waals surface area contributed by atoms with Crippen LogP contribution in [0.5, 0.6) is 11.5 Å². The molecule has 21 heavy (non-hydrogen) atoms. The molecule has 8 heteroatoms. The van der Waals surface area contributed by atoms with Crippen molar-refractivity contribution in [3.8, 4) is 11.5 Å². The van der Waals surface area contributed by atoms with E-state index >= 15 is 0 Å². The van der Waals surface area contributed by atoms with Crippen molar-refractivity contribution in [2.24, 2.45) is 5.10 Å². The van der Waals surface area contributed by atoms with Crippen LogP contribution < -0.4 is 14.9 Å². The lowest BCUT2D eigenvalue weighted by molar-refractivity contribution is 0.0949. The highest BCUT2D eigenvalue weighted by molar-refractivity contribution is 14.1. The lowest BCUT2D eigenvalue weighted by Crippen LogP contribution is -2.19. The Balaban J connectivity index is 2.08. The summed E-state index contributed by atoms with van der Waals surface area (Å²) in [5.41, 5.74) is 3.51. The maximum Gasteiger partial charge on any atom is 0.290 e. The van der Waals surface area contributed by atoms with Gasteiger partial charge in [0.1, 0.15) is 17.2 Å². The van der Waals surface area contributed by atoms with Crippen molar-refractivity contribution in [3.63, 3.8) is 0 Å². The summed E-state index contributed by atoms with van der Waals surface area (Å²) in [4.78, 5) is 11.8. The van der Waals surface area contributed by atoms with E-state index in [4.69, 9.17) is 9.47 Å². The fourth-order valence-corrected chi connectivity index (χ4v) is 2.08. The van der Waals surface area contributed by atoms with E-state index in [0.717, 1.165) is 9.13 Å². The number of hydrazone groups is 1. The average molecular weight is 400 g/mol. The minimum Gasteiger partial charge on any atom is -0.497 e. The molecule has 0 saturated carbocycles. The monoisotopic (exact) mass is 400 g/mol. The first kappa shape index (κ1) is 15.3. The van der Waals surface area contributed by atoms with Crippen LogP contribution in [0.25, 0.3) is 0 Å². The van der Waals surface area contributed by atoms with E-state index < -0.39 is 0 Å². The Morgan fingerprint density at radius 2 is 2.24 bits per heavy atom. The number of methoxy groups -OCH3 is 2. The second kappa shape index (κ2) is 7.07. The molecule has 1 aromatic carbocycles. The number of ether oxygens (including phenoxy) is 2. The predicted octanol–water partition coefficient (Wildman–Crippen LogP) is 1.80. The summed E-state index contributed by atoms with van der Waals surface area (Å²) in [7, 11) is 3.13. The number of carbonyl (C=O) groups excluding carboxylic acids is 1. The largest absolute Gasteiger partial charge is 0.497 e. The van der Waals surface area contributed by atoms with E-state index in [9.17, 15) is 4.79 Å². The Labute approximate surface area is 134 Å². The van der Waals surface area contributed by atoms with Crippen LogP contribution in [-0.4, -0.2) is 36.5 Å². The molecule has 0 aliphatic carbocycles. The van der Waals surface area contributed by atoms with Crippen LogP contribution in [0.3, 0.4) is 0 Å². The molecular weight excluding hydrogens is 387 g/mol. The number of nitrogens with zero attached hydrogens (tertiary/aromatic N) is 2. The topological polar surface area (TPSA) is 88.6 Å². The second-order valence-corrected chi connectivity index (χ2v) is 5.06. The third kappa shape index (κ3) is 3.72. The first-order valence-corrected chi connectivity index (χ1v) is 6.98. The molecule has 0 unspecified atom stereocenters. The first-order chi connectivity index (χ1) is 10.2. The molecule has 2 N–H and O–H groups in total. The van der Waals surface area contributed by atoms with Crippen LogP contribution in [0.4, 0.5) is 0 Å². The molecule has 1 heterocycles. The smallest absolute Gasteiger partial charge is 0.290 e. The lowest BCUT2D eigenvalue weighted by atomic mass is 10.2. The van der Waals surface area contributed by atoms with Crippen molar-refractivity contribution in [3.05, 3.63) is 39.2 Å². The molecule has 0 bridgehead atoms. The van der Waals surface area contributed by atoms with Crippen molar-refractivity contribution >= 4 is 34.7 Å². The van der Waals surface area contributed by atoms with Crippen LogP contribution >= 0.6 is 22.6 Å².